The number of hydrogen-bond donors (Lipinski definition) is 1. The quantitative estimate of drug-likeness (QED) is 0.500. The smallest absolute Gasteiger partial charge is 0.164 e. The number of rotatable bonds is 1. The Morgan fingerprint density at radius 1 is 1.46 bits per heavy atom. The van der Waals surface area contributed by atoms with Crippen LogP contribution in [0.2, 0.25) is 0 Å². The number of aliphatic hydroxyl groups is 1. The minimum atomic E-state index is 0.0911. The molecule has 1 aliphatic rings. The van der Waals surface area contributed by atoms with E-state index in [1.165, 1.54) is 0 Å². The van der Waals surface area contributed by atoms with Crippen LogP contribution in [0.4, 0.5) is 0 Å². The van der Waals surface area contributed by atoms with E-state index in [1.807, 2.05) is 6.92 Å². The second-order valence-electron chi connectivity index (χ2n) is 4.28. The van der Waals surface area contributed by atoms with Gasteiger partial charge in [-0.05, 0) is 24.7 Å². The molecule has 0 spiro atoms. The topological polar surface area (TPSA) is 37.3 Å². The molecule has 2 heteroatoms. The molecule has 0 aromatic heterocycles. The third-order valence-electron chi connectivity index (χ3n) is 2.99. The fourth-order valence-electron chi connectivity index (χ4n) is 2.04. The van der Waals surface area contributed by atoms with E-state index in [0.717, 1.165) is 19.1 Å². The minimum Gasteiger partial charge on any atom is -0.515 e. The first-order valence-electron chi connectivity index (χ1n) is 4.96. The Morgan fingerprint density at radius 2 is 2.08 bits per heavy atom. The van der Waals surface area contributed by atoms with Gasteiger partial charge in [0.25, 0.3) is 0 Å². The van der Waals surface area contributed by atoms with Gasteiger partial charge in [-0.25, -0.2) is 0 Å². The van der Waals surface area contributed by atoms with Crippen LogP contribution in [0.25, 0.3) is 0 Å². The highest BCUT2D eigenvalue weighted by Gasteiger charge is 2.32. The first-order valence-corrected chi connectivity index (χ1v) is 4.96. The molecule has 2 atom stereocenters. The van der Waals surface area contributed by atoms with Crippen molar-refractivity contribution in [1.82, 2.24) is 0 Å². The lowest BCUT2D eigenvalue weighted by Gasteiger charge is -2.30. The van der Waals surface area contributed by atoms with E-state index in [9.17, 15) is 4.79 Å². The van der Waals surface area contributed by atoms with E-state index < -0.39 is 0 Å². The van der Waals surface area contributed by atoms with Crippen molar-refractivity contribution in [3.63, 3.8) is 0 Å². The maximum absolute atomic E-state index is 11.6. The van der Waals surface area contributed by atoms with Gasteiger partial charge in [0.15, 0.2) is 5.78 Å². The zero-order valence-corrected chi connectivity index (χ0v) is 8.58. The summed E-state index contributed by atoms with van der Waals surface area (Å²) in [4.78, 5) is 11.6. The summed E-state index contributed by atoms with van der Waals surface area (Å²) in [6, 6.07) is 0. The lowest BCUT2D eigenvalue weighted by molar-refractivity contribution is -0.121. The number of carbonyl (C=O) groups excluding carboxylic acids is 1. The average Bonchev–Trinajstić information content (AvgIpc) is 2.09. The molecule has 13 heavy (non-hydrogen) atoms. The molecule has 0 saturated heterocycles. The molecular weight excluding hydrogens is 164 g/mol. The number of hydrogen-bond acceptors (Lipinski definition) is 2. The third kappa shape index (κ3) is 1.93. The molecule has 1 rings (SSSR count). The standard InChI is InChI=1S/C11H18O2/c1-7(2)9-5-4-8(3)11(13)10(9)6-12/h6-9,12H,4-5H2,1-3H3/b10-6+/t8-,9+/m1/s1. The first kappa shape index (κ1) is 10.3. The maximum atomic E-state index is 11.6. The second-order valence-corrected chi connectivity index (χ2v) is 4.28. The van der Waals surface area contributed by atoms with Gasteiger partial charge in [0, 0.05) is 11.5 Å². The van der Waals surface area contributed by atoms with E-state index >= 15 is 0 Å². The van der Waals surface area contributed by atoms with Gasteiger partial charge in [-0.3, -0.25) is 4.79 Å². The number of allylic oxidation sites excluding steroid dienone is 1. The SMILES string of the molecule is CC(C)[C@@H]1CC[C@@H](C)C(=O)/C1=C/O. The molecular formula is C11H18O2. The Labute approximate surface area is 79.6 Å². The van der Waals surface area contributed by atoms with Crippen molar-refractivity contribution in [2.45, 2.75) is 33.6 Å². The summed E-state index contributed by atoms with van der Waals surface area (Å²) in [6.45, 7) is 6.12. The van der Waals surface area contributed by atoms with Gasteiger partial charge in [0.2, 0.25) is 0 Å². The van der Waals surface area contributed by atoms with Crippen LogP contribution >= 0.6 is 0 Å². The average molecular weight is 182 g/mol. The molecule has 0 unspecified atom stereocenters. The Morgan fingerprint density at radius 3 is 2.54 bits per heavy atom. The van der Waals surface area contributed by atoms with Gasteiger partial charge < -0.3 is 5.11 Å². The van der Waals surface area contributed by atoms with Crippen LogP contribution in [-0.2, 0) is 4.79 Å². The van der Waals surface area contributed by atoms with Crippen LogP contribution in [0.3, 0.4) is 0 Å². The van der Waals surface area contributed by atoms with Crippen LogP contribution < -0.4 is 0 Å². The summed E-state index contributed by atoms with van der Waals surface area (Å²) in [7, 11) is 0. The van der Waals surface area contributed by atoms with Crippen molar-refractivity contribution in [2.75, 3.05) is 0 Å². The molecule has 0 aromatic carbocycles. The summed E-state index contributed by atoms with van der Waals surface area (Å²) >= 11 is 0. The van der Waals surface area contributed by atoms with Crippen LogP contribution in [0.1, 0.15) is 33.6 Å². The lowest BCUT2D eigenvalue weighted by Crippen LogP contribution is -2.29. The zero-order chi connectivity index (χ0) is 10.0. The fraction of sp³-hybridized carbons (Fsp3) is 0.727. The van der Waals surface area contributed by atoms with Gasteiger partial charge >= 0.3 is 0 Å². The van der Waals surface area contributed by atoms with Gasteiger partial charge in [-0.1, -0.05) is 20.8 Å². The van der Waals surface area contributed by atoms with Crippen molar-refractivity contribution >= 4 is 5.78 Å². The monoisotopic (exact) mass is 182 g/mol. The number of Topliss-reactive ketones (excluding diaryl/α,β-unsaturated/α-hetero) is 1. The van der Waals surface area contributed by atoms with E-state index in [-0.39, 0.29) is 17.6 Å². The summed E-state index contributed by atoms with van der Waals surface area (Å²) in [6.07, 6.45) is 3.00. The van der Waals surface area contributed by atoms with Crippen LogP contribution in [0, 0.1) is 17.8 Å². The molecule has 2 nitrogen and oxygen atoms in total. The third-order valence-corrected chi connectivity index (χ3v) is 2.99. The summed E-state index contributed by atoms with van der Waals surface area (Å²) in [5.74, 6) is 0.921. The Kier molecular flexibility index (Phi) is 3.12. The Balaban J connectivity index is 2.85. The van der Waals surface area contributed by atoms with Gasteiger partial charge in [-0.2, -0.15) is 0 Å². The molecule has 1 aliphatic carbocycles. The Bertz CT molecular complexity index is 228. The number of ketones is 1. The molecule has 1 fully saturated rings. The molecule has 0 aromatic rings. The van der Waals surface area contributed by atoms with Crippen LogP contribution in [-0.4, -0.2) is 10.9 Å². The molecule has 0 aliphatic heterocycles. The molecule has 1 saturated carbocycles. The summed E-state index contributed by atoms with van der Waals surface area (Å²) < 4.78 is 0. The molecule has 0 amide bonds. The fourth-order valence-corrected chi connectivity index (χ4v) is 2.04. The molecule has 74 valence electrons. The van der Waals surface area contributed by atoms with E-state index in [2.05, 4.69) is 13.8 Å². The van der Waals surface area contributed by atoms with Crippen LogP contribution in [0.15, 0.2) is 11.8 Å². The molecule has 0 bridgehead atoms. The van der Waals surface area contributed by atoms with Crippen molar-refractivity contribution in [2.24, 2.45) is 17.8 Å². The van der Waals surface area contributed by atoms with Gasteiger partial charge in [0.05, 0.1) is 6.26 Å². The predicted molar refractivity (Wildman–Crippen MR) is 52.4 cm³/mol. The zero-order valence-electron chi connectivity index (χ0n) is 8.58. The normalized spacial score (nSPS) is 32.9. The molecule has 0 heterocycles. The first-order chi connectivity index (χ1) is 6.07. The Hall–Kier alpha value is -0.790. The van der Waals surface area contributed by atoms with Crippen LogP contribution in [0.5, 0.6) is 0 Å². The van der Waals surface area contributed by atoms with E-state index in [4.69, 9.17) is 5.11 Å². The lowest BCUT2D eigenvalue weighted by atomic mass is 9.73. The highest BCUT2D eigenvalue weighted by atomic mass is 16.2. The molecule has 1 N–H and O–H groups in total. The maximum Gasteiger partial charge on any atom is 0.164 e. The number of aliphatic hydroxyl groups excluding tert-OH is 1. The molecule has 0 radical (unpaired) electrons. The summed E-state index contributed by atoms with van der Waals surface area (Å²) in [5, 5.41) is 9.02. The van der Waals surface area contributed by atoms with Gasteiger partial charge in [0.1, 0.15) is 0 Å². The minimum absolute atomic E-state index is 0.0911. The second kappa shape index (κ2) is 3.95. The number of carbonyl (C=O) groups is 1. The van der Waals surface area contributed by atoms with E-state index in [1.54, 1.807) is 0 Å². The van der Waals surface area contributed by atoms with Crippen molar-refractivity contribution in [1.29, 1.82) is 0 Å². The summed E-state index contributed by atoms with van der Waals surface area (Å²) in [5.41, 5.74) is 0.633. The van der Waals surface area contributed by atoms with Crippen molar-refractivity contribution in [3.05, 3.63) is 11.8 Å². The van der Waals surface area contributed by atoms with E-state index in [0.29, 0.717) is 11.5 Å². The predicted octanol–water partition coefficient (Wildman–Crippen LogP) is 2.70. The van der Waals surface area contributed by atoms with Crippen molar-refractivity contribution in [3.8, 4) is 0 Å². The van der Waals surface area contributed by atoms with Crippen molar-refractivity contribution < 1.29 is 9.90 Å². The largest absolute Gasteiger partial charge is 0.515 e. The van der Waals surface area contributed by atoms with Gasteiger partial charge in [-0.15, -0.1) is 0 Å². The highest BCUT2D eigenvalue weighted by Crippen LogP contribution is 2.34. The highest BCUT2D eigenvalue weighted by molar-refractivity contribution is 5.97.